The van der Waals surface area contributed by atoms with Gasteiger partial charge in [-0.1, -0.05) is 32.0 Å². The molecular formula is C14H20N4O. The summed E-state index contributed by atoms with van der Waals surface area (Å²) in [4.78, 5) is 8.61. The van der Waals surface area contributed by atoms with Crippen molar-refractivity contribution >= 4 is 0 Å². The Kier molecular flexibility index (Phi) is 3.95. The molecule has 2 aromatic heterocycles. The Morgan fingerprint density at radius 3 is 2.68 bits per heavy atom. The van der Waals surface area contributed by atoms with Gasteiger partial charge in [-0.15, -0.1) is 0 Å². The van der Waals surface area contributed by atoms with E-state index in [0.717, 1.165) is 5.69 Å². The van der Waals surface area contributed by atoms with Crippen LogP contribution >= 0.6 is 0 Å². The van der Waals surface area contributed by atoms with Crippen molar-refractivity contribution in [2.75, 3.05) is 7.05 Å². The molecule has 0 aliphatic carbocycles. The Morgan fingerprint density at radius 1 is 1.32 bits per heavy atom. The van der Waals surface area contributed by atoms with Crippen molar-refractivity contribution in [3.63, 3.8) is 0 Å². The number of nitrogens with zero attached hydrogens (tertiary/aromatic N) is 3. The van der Waals surface area contributed by atoms with E-state index in [-0.39, 0.29) is 11.5 Å². The van der Waals surface area contributed by atoms with E-state index in [1.54, 1.807) is 6.20 Å². The Bertz CT molecular complexity index is 516. The van der Waals surface area contributed by atoms with Gasteiger partial charge >= 0.3 is 0 Å². The number of likely N-dealkylation sites (N-methyl/N-ethyl adjacent to an activating group) is 1. The van der Waals surface area contributed by atoms with Crippen LogP contribution in [0.3, 0.4) is 0 Å². The van der Waals surface area contributed by atoms with Gasteiger partial charge in [-0.3, -0.25) is 4.98 Å². The predicted octanol–water partition coefficient (Wildman–Crippen LogP) is 2.31. The molecule has 0 bridgehead atoms. The van der Waals surface area contributed by atoms with E-state index in [0.29, 0.717) is 18.1 Å². The predicted molar refractivity (Wildman–Crippen MR) is 73.5 cm³/mol. The molecule has 1 unspecified atom stereocenters. The highest BCUT2D eigenvalue weighted by Crippen LogP contribution is 2.22. The minimum atomic E-state index is 0.133. The maximum atomic E-state index is 5.31. The molecule has 0 radical (unpaired) electrons. The summed E-state index contributed by atoms with van der Waals surface area (Å²) < 4.78 is 5.31. The molecule has 19 heavy (non-hydrogen) atoms. The zero-order valence-corrected chi connectivity index (χ0v) is 11.8. The molecule has 0 aliphatic rings. The number of rotatable bonds is 4. The Labute approximate surface area is 113 Å². The lowest BCUT2D eigenvalue weighted by Gasteiger charge is -2.29. The average molecular weight is 260 g/mol. The van der Waals surface area contributed by atoms with Crippen LogP contribution in [0.5, 0.6) is 0 Å². The summed E-state index contributed by atoms with van der Waals surface area (Å²) >= 11 is 0. The molecule has 0 spiro atoms. The third kappa shape index (κ3) is 3.38. The lowest BCUT2D eigenvalue weighted by Crippen LogP contribution is -2.39. The molecule has 2 rings (SSSR count). The molecule has 102 valence electrons. The second kappa shape index (κ2) is 5.48. The fourth-order valence-corrected chi connectivity index (χ4v) is 1.95. The molecule has 1 N–H and O–H groups in total. The van der Waals surface area contributed by atoms with E-state index in [1.165, 1.54) is 0 Å². The SMILES string of the molecule is CNC(Cc1nc(-c2ccccn2)no1)C(C)(C)C. The van der Waals surface area contributed by atoms with Crippen LogP contribution in [0.25, 0.3) is 11.5 Å². The standard InChI is InChI=1S/C14H20N4O/c1-14(2,3)11(15-4)9-12-17-13(18-19-12)10-7-5-6-8-16-10/h5-8,11,15H,9H2,1-4H3. The summed E-state index contributed by atoms with van der Waals surface area (Å²) in [5.41, 5.74) is 0.864. The van der Waals surface area contributed by atoms with Crippen molar-refractivity contribution in [1.29, 1.82) is 0 Å². The summed E-state index contributed by atoms with van der Waals surface area (Å²) in [5.74, 6) is 1.18. The maximum absolute atomic E-state index is 5.31. The minimum Gasteiger partial charge on any atom is -0.339 e. The average Bonchev–Trinajstić information content (AvgIpc) is 2.84. The van der Waals surface area contributed by atoms with Crippen LogP contribution in [0, 0.1) is 5.41 Å². The van der Waals surface area contributed by atoms with E-state index in [2.05, 4.69) is 41.2 Å². The molecule has 0 saturated carbocycles. The lowest BCUT2D eigenvalue weighted by atomic mass is 9.85. The topological polar surface area (TPSA) is 63.8 Å². The van der Waals surface area contributed by atoms with E-state index >= 15 is 0 Å². The molecule has 0 saturated heterocycles. The molecule has 0 aromatic carbocycles. The highest BCUT2D eigenvalue weighted by molar-refractivity contribution is 5.47. The smallest absolute Gasteiger partial charge is 0.228 e. The van der Waals surface area contributed by atoms with Crippen LogP contribution in [-0.4, -0.2) is 28.2 Å². The first-order chi connectivity index (χ1) is 9.00. The van der Waals surface area contributed by atoms with Gasteiger partial charge in [-0.25, -0.2) is 0 Å². The van der Waals surface area contributed by atoms with E-state index in [9.17, 15) is 0 Å². The van der Waals surface area contributed by atoms with Crippen LogP contribution in [-0.2, 0) is 6.42 Å². The fourth-order valence-electron chi connectivity index (χ4n) is 1.95. The van der Waals surface area contributed by atoms with Gasteiger partial charge in [-0.2, -0.15) is 4.98 Å². The third-order valence-electron chi connectivity index (χ3n) is 3.13. The summed E-state index contributed by atoms with van der Waals surface area (Å²) in [5, 5.41) is 7.28. The summed E-state index contributed by atoms with van der Waals surface area (Å²) in [6.45, 7) is 6.55. The molecular weight excluding hydrogens is 240 g/mol. The lowest BCUT2D eigenvalue weighted by molar-refractivity contribution is 0.255. The van der Waals surface area contributed by atoms with E-state index < -0.39 is 0 Å². The zero-order chi connectivity index (χ0) is 13.9. The molecule has 5 nitrogen and oxygen atoms in total. The van der Waals surface area contributed by atoms with Gasteiger partial charge < -0.3 is 9.84 Å². The maximum Gasteiger partial charge on any atom is 0.228 e. The van der Waals surface area contributed by atoms with E-state index in [1.807, 2.05) is 25.2 Å². The van der Waals surface area contributed by atoms with Gasteiger partial charge in [0.2, 0.25) is 11.7 Å². The summed E-state index contributed by atoms with van der Waals surface area (Å²) in [6, 6.07) is 5.92. The Hall–Kier alpha value is -1.75. The van der Waals surface area contributed by atoms with Crippen molar-refractivity contribution < 1.29 is 4.52 Å². The Balaban J connectivity index is 2.14. The highest BCUT2D eigenvalue weighted by Gasteiger charge is 2.25. The number of pyridine rings is 1. The van der Waals surface area contributed by atoms with Crippen molar-refractivity contribution in [3.05, 3.63) is 30.3 Å². The molecule has 0 amide bonds. The largest absolute Gasteiger partial charge is 0.339 e. The number of nitrogens with one attached hydrogen (secondary N) is 1. The van der Waals surface area contributed by atoms with Crippen LogP contribution in [0.2, 0.25) is 0 Å². The quantitative estimate of drug-likeness (QED) is 0.914. The molecule has 0 fully saturated rings. The number of aromatic nitrogens is 3. The van der Waals surface area contributed by atoms with Crippen molar-refractivity contribution in [1.82, 2.24) is 20.4 Å². The fraction of sp³-hybridized carbons (Fsp3) is 0.500. The molecule has 1 atom stereocenters. The van der Waals surface area contributed by atoms with E-state index in [4.69, 9.17) is 4.52 Å². The monoisotopic (exact) mass is 260 g/mol. The van der Waals surface area contributed by atoms with Crippen molar-refractivity contribution in [2.24, 2.45) is 5.41 Å². The van der Waals surface area contributed by atoms with Gasteiger partial charge in [0.05, 0.1) is 0 Å². The third-order valence-corrected chi connectivity index (χ3v) is 3.13. The second-order valence-corrected chi connectivity index (χ2v) is 5.64. The molecule has 0 aliphatic heterocycles. The van der Waals surface area contributed by atoms with Crippen molar-refractivity contribution in [2.45, 2.75) is 33.2 Å². The number of hydrogen-bond donors (Lipinski definition) is 1. The summed E-state index contributed by atoms with van der Waals surface area (Å²) in [6.07, 6.45) is 2.43. The second-order valence-electron chi connectivity index (χ2n) is 5.64. The van der Waals surface area contributed by atoms with Gasteiger partial charge in [-0.05, 0) is 24.6 Å². The summed E-state index contributed by atoms with van der Waals surface area (Å²) in [7, 11) is 1.95. The van der Waals surface area contributed by atoms with Gasteiger partial charge in [0.1, 0.15) is 5.69 Å². The first-order valence-corrected chi connectivity index (χ1v) is 6.42. The van der Waals surface area contributed by atoms with Crippen LogP contribution in [0.15, 0.2) is 28.9 Å². The van der Waals surface area contributed by atoms with Crippen LogP contribution in [0.1, 0.15) is 26.7 Å². The van der Waals surface area contributed by atoms with Crippen LogP contribution < -0.4 is 5.32 Å². The minimum absolute atomic E-state index is 0.133. The molecule has 2 heterocycles. The normalized spacial score (nSPS) is 13.5. The van der Waals surface area contributed by atoms with Crippen molar-refractivity contribution in [3.8, 4) is 11.5 Å². The first-order valence-electron chi connectivity index (χ1n) is 6.42. The zero-order valence-electron chi connectivity index (χ0n) is 11.8. The van der Waals surface area contributed by atoms with Crippen LogP contribution in [0.4, 0.5) is 0 Å². The van der Waals surface area contributed by atoms with Gasteiger partial charge in [0.15, 0.2) is 0 Å². The first kappa shape index (κ1) is 13.7. The van der Waals surface area contributed by atoms with Gasteiger partial charge in [0.25, 0.3) is 0 Å². The molecule has 5 heteroatoms. The molecule has 2 aromatic rings. The van der Waals surface area contributed by atoms with Gasteiger partial charge in [0, 0.05) is 18.7 Å². The number of hydrogen-bond acceptors (Lipinski definition) is 5. The Morgan fingerprint density at radius 2 is 2.11 bits per heavy atom. The highest BCUT2D eigenvalue weighted by atomic mass is 16.5.